The highest BCUT2D eigenvalue weighted by Crippen LogP contribution is 2.10. The van der Waals surface area contributed by atoms with E-state index in [0.717, 1.165) is 5.56 Å². The average Bonchev–Trinajstić information content (AvgIpc) is 2.42. The maximum Gasteiger partial charge on any atom is 0.337 e. The maximum atomic E-state index is 11.7. The van der Waals surface area contributed by atoms with Gasteiger partial charge in [-0.3, -0.25) is 4.79 Å². The van der Waals surface area contributed by atoms with Gasteiger partial charge < -0.3 is 20.3 Å². The van der Waals surface area contributed by atoms with E-state index in [1.54, 1.807) is 45.0 Å². The lowest BCUT2D eigenvalue weighted by Crippen LogP contribution is -2.49. The van der Waals surface area contributed by atoms with E-state index in [-0.39, 0.29) is 6.61 Å². The van der Waals surface area contributed by atoms with Crippen molar-refractivity contribution in [2.24, 2.45) is 5.73 Å². The second-order valence-corrected chi connectivity index (χ2v) is 5.60. The summed E-state index contributed by atoms with van der Waals surface area (Å²) >= 11 is 0. The minimum Gasteiger partial charge on any atom is -0.459 e. The fraction of sp³-hybridized carbons (Fsp3) is 0.467. The highest BCUT2D eigenvalue weighted by atomic mass is 16.6. The molecule has 0 aromatic heterocycles. The Morgan fingerprint density at radius 1 is 1.19 bits per heavy atom. The van der Waals surface area contributed by atoms with Gasteiger partial charge in [0.15, 0.2) is 6.10 Å². The van der Waals surface area contributed by atoms with Crippen LogP contribution in [0.2, 0.25) is 0 Å². The zero-order chi connectivity index (χ0) is 16.0. The Labute approximate surface area is 123 Å². The monoisotopic (exact) mass is 295 g/mol. The fourth-order valence-electron chi connectivity index (χ4n) is 1.46. The van der Waals surface area contributed by atoms with Gasteiger partial charge in [-0.05, 0) is 26.3 Å². The van der Waals surface area contributed by atoms with Crippen LogP contribution in [-0.4, -0.2) is 34.8 Å². The Morgan fingerprint density at radius 2 is 1.76 bits per heavy atom. The third-order valence-electron chi connectivity index (χ3n) is 2.48. The van der Waals surface area contributed by atoms with Crippen LogP contribution in [0.4, 0.5) is 0 Å². The van der Waals surface area contributed by atoms with Crippen LogP contribution in [0.5, 0.6) is 0 Å². The Bertz CT molecular complexity index is 481. The van der Waals surface area contributed by atoms with Crippen molar-refractivity contribution >= 4 is 11.9 Å². The molecule has 0 heterocycles. The van der Waals surface area contributed by atoms with Crippen LogP contribution in [0, 0.1) is 0 Å². The lowest BCUT2D eigenvalue weighted by Gasteiger charge is -2.23. The van der Waals surface area contributed by atoms with E-state index in [9.17, 15) is 14.7 Å². The van der Waals surface area contributed by atoms with Crippen LogP contribution in [0.3, 0.4) is 0 Å². The van der Waals surface area contributed by atoms with Crippen LogP contribution in [0.1, 0.15) is 26.3 Å². The van der Waals surface area contributed by atoms with Crippen LogP contribution in [-0.2, 0) is 25.7 Å². The van der Waals surface area contributed by atoms with E-state index in [1.807, 2.05) is 6.07 Å². The normalized spacial score (nSPS) is 14.1. The molecule has 2 unspecified atom stereocenters. The molecular formula is C15H21NO5. The lowest BCUT2D eigenvalue weighted by molar-refractivity contribution is -0.168. The Kier molecular flexibility index (Phi) is 5.87. The van der Waals surface area contributed by atoms with Crippen LogP contribution in [0.15, 0.2) is 30.3 Å². The van der Waals surface area contributed by atoms with E-state index in [1.165, 1.54) is 0 Å². The molecule has 1 aromatic carbocycles. The van der Waals surface area contributed by atoms with Crippen molar-refractivity contribution in [1.29, 1.82) is 0 Å². The summed E-state index contributed by atoms with van der Waals surface area (Å²) in [7, 11) is 0. The first-order chi connectivity index (χ1) is 9.70. The molecule has 6 nitrogen and oxygen atoms in total. The van der Waals surface area contributed by atoms with E-state index in [4.69, 9.17) is 15.2 Å². The number of carbonyl (C=O) groups excluding carboxylic acids is 2. The topological polar surface area (TPSA) is 98.9 Å². The van der Waals surface area contributed by atoms with Crippen molar-refractivity contribution in [2.45, 2.75) is 45.1 Å². The summed E-state index contributed by atoms with van der Waals surface area (Å²) in [5.41, 5.74) is 5.53. The minimum atomic E-state index is -1.76. The van der Waals surface area contributed by atoms with Crippen molar-refractivity contribution in [2.75, 3.05) is 0 Å². The summed E-state index contributed by atoms with van der Waals surface area (Å²) in [5.74, 6) is -1.82. The van der Waals surface area contributed by atoms with Crippen LogP contribution in [0.25, 0.3) is 0 Å². The summed E-state index contributed by atoms with van der Waals surface area (Å²) < 4.78 is 9.92. The third kappa shape index (κ3) is 5.93. The molecule has 0 saturated carbocycles. The summed E-state index contributed by atoms with van der Waals surface area (Å²) in [4.78, 5) is 23.3. The highest BCUT2D eigenvalue weighted by Gasteiger charge is 2.33. The quantitative estimate of drug-likeness (QED) is 0.778. The molecule has 116 valence electrons. The molecule has 21 heavy (non-hydrogen) atoms. The van der Waals surface area contributed by atoms with Gasteiger partial charge >= 0.3 is 11.9 Å². The summed E-state index contributed by atoms with van der Waals surface area (Å²) in [5, 5.41) is 9.73. The smallest absolute Gasteiger partial charge is 0.337 e. The molecule has 1 aromatic rings. The van der Waals surface area contributed by atoms with Crippen molar-refractivity contribution in [1.82, 2.24) is 0 Å². The van der Waals surface area contributed by atoms with E-state index in [2.05, 4.69) is 0 Å². The number of hydrogen-bond acceptors (Lipinski definition) is 6. The number of aliphatic hydroxyl groups excluding tert-OH is 1. The predicted octanol–water partition coefficient (Wildman–Crippen LogP) is 0.760. The minimum absolute atomic E-state index is 0.00221. The zero-order valence-electron chi connectivity index (χ0n) is 12.4. The summed E-state index contributed by atoms with van der Waals surface area (Å²) in [6.45, 7) is 4.99. The number of benzene rings is 1. The van der Waals surface area contributed by atoms with Gasteiger partial charge in [0.1, 0.15) is 18.2 Å². The van der Waals surface area contributed by atoms with E-state index >= 15 is 0 Å². The zero-order valence-corrected chi connectivity index (χ0v) is 12.4. The highest BCUT2D eigenvalue weighted by molar-refractivity contribution is 5.86. The van der Waals surface area contributed by atoms with E-state index < -0.39 is 29.7 Å². The number of hydrogen-bond donors (Lipinski definition) is 2. The first kappa shape index (κ1) is 17.1. The van der Waals surface area contributed by atoms with Gasteiger partial charge in [-0.25, -0.2) is 4.79 Å². The largest absolute Gasteiger partial charge is 0.459 e. The number of rotatable bonds is 5. The van der Waals surface area contributed by atoms with Gasteiger partial charge in [0.25, 0.3) is 0 Å². The number of ether oxygens (including phenoxy) is 2. The van der Waals surface area contributed by atoms with Crippen molar-refractivity contribution < 1.29 is 24.2 Å². The first-order valence-corrected chi connectivity index (χ1v) is 6.58. The number of nitrogens with two attached hydrogens (primary N) is 1. The molecule has 0 spiro atoms. The van der Waals surface area contributed by atoms with Crippen LogP contribution >= 0.6 is 0 Å². The number of esters is 2. The fourth-order valence-corrected chi connectivity index (χ4v) is 1.46. The Morgan fingerprint density at radius 3 is 2.29 bits per heavy atom. The number of aliphatic hydroxyl groups is 1. The molecule has 3 N–H and O–H groups in total. The van der Waals surface area contributed by atoms with Crippen molar-refractivity contribution in [3.63, 3.8) is 0 Å². The standard InChI is InChI=1S/C15H21NO5/c1-15(2,3)21-13(18)11(16)12(17)14(19)20-9-10-7-5-4-6-8-10/h4-8,11-12,17H,9,16H2,1-3H3. The molecule has 0 fully saturated rings. The molecular weight excluding hydrogens is 274 g/mol. The van der Waals surface area contributed by atoms with E-state index in [0.29, 0.717) is 0 Å². The second kappa shape index (κ2) is 7.19. The van der Waals surface area contributed by atoms with Crippen LogP contribution < -0.4 is 5.73 Å². The molecule has 1 rings (SSSR count). The summed E-state index contributed by atoms with van der Waals surface area (Å²) in [6, 6.07) is 7.49. The molecule has 0 aliphatic carbocycles. The number of carbonyl (C=O) groups is 2. The predicted molar refractivity (Wildman–Crippen MR) is 76.1 cm³/mol. The summed E-state index contributed by atoms with van der Waals surface area (Å²) in [6.07, 6.45) is -1.76. The maximum absolute atomic E-state index is 11.7. The first-order valence-electron chi connectivity index (χ1n) is 6.58. The van der Waals surface area contributed by atoms with Gasteiger partial charge in [0.2, 0.25) is 0 Å². The van der Waals surface area contributed by atoms with Crippen molar-refractivity contribution in [3.05, 3.63) is 35.9 Å². The SMILES string of the molecule is CC(C)(C)OC(=O)C(N)C(O)C(=O)OCc1ccccc1. The second-order valence-electron chi connectivity index (χ2n) is 5.60. The molecule has 0 aliphatic rings. The van der Waals surface area contributed by atoms with Gasteiger partial charge in [-0.2, -0.15) is 0 Å². The molecule has 0 bridgehead atoms. The van der Waals surface area contributed by atoms with Gasteiger partial charge in [-0.15, -0.1) is 0 Å². The molecule has 0 radical (unpaired) electrons. The molecule has 2 atom stereocenters. The third-order valence-corrected chi connectivity index (χ3v) is 2.48. The molecule has 6 heteroatoms. The molecule has 0 amide bonds. The Balaban J connectivity index is 2.51. The molecule has 0 aliphatic heterocycles. The van der Waals surface area contributed by atoms with Gasteiger partial charge in [0, 0.05) is 0 Å². The van der Waals surface area contributed by atoms with Crippen molar-refractivity contribution in [3.8, 4) is 0 Å². The Hall–Kier alpha value is -1.92. The van der Waals surface area contributed by atoms with Gasteiger partial charge in [-0.1, -0.05) is 30.3 Å². The average molecular weight is 295 g/mol. The molecule has 0 saturated heterocycles. The van der Waals surface area contributed by atoms with Gasteiger partial charge in [0.05, 0.1) is 0 Å². The lowest BCUT2D eigenvalue weighted by atomic mass is 10.1.